The standard InChI is InChI=1S/C18H22N4O2S/c1-22-9-10(8-20-22)12-7-13(12)17(24)21-18-15(16(19)23)11-5-3-2-4-6-14(11)25-18/h8-9,12-13H,2-7H2,1H3,(H2,19,23)(H,21,24). The van der Waals surface area contributed by atoms with Crippen molar-refractivity contribution in [3.8, 4) is 0 Å². The Morgan fingerprint density at radius 3 is 2.84 bits per heavy atom. The van der Waals surface area contributed by atoms with Crippen molar-refractivity contribution in [2.45, 2.75) is 44.4 Å². The Bertz CT molecular complexity index is 838. The largest absolute Gasteiger partial charge is 0.365 e. The van der Waals surface area contributed by atoms with Gasteiger partial charge in [-0.15, -0.1) is 11.3 Å². The third-order valence-electron chi connectivity index (χ3n) is 5.18. The van der Waals surface area contributed by atoms with E-state index in [1.165, 1.54) is 22.6 Å². The van der Waals surface area contributed by atoms with Crippen LogP contribution in [0.15, 0.2) is 12.4 Å². The molecule has 0 spiro atoms. The van der Waals surface area contributed by atoms with E-state index in [2.05, 4.69) is 10.4 Å². The minimum absolute atomic E-state index is 0.0206. The maximum Gasteiger partial charge on any atom is 0.251 e. The Hall–Kier alpha value is -2.15. The molecule has 7 heteroatoms. The highest BCUT2D eigenvalue weighted by Crippen LogP contribution is 2.48. The van der Waals surface area contributed by atoms with Crippen LogP contribution in [0.25, 0.3) is 0 Å². The molecule has 4 rings (SSSR count). The third-order valence-corrected chi connectivity index (χ3v) is 6.39. The summed E-state index contributed by atoms with van der Waals surface area (Å²) in [7, 11) is 1.87. The summed E-state index contributed by atoms with van der Waals surface area (Å²) in [6, 6.07) is 0. The zero-order valence-corrected chi connectivity index (χ0v) is 15.1. The lowest BCUT2D eigenvalue weighted by Gasteiger charge is -2.06. The molecule has 2 atom stereocenters. The van der Waals surface area contributed by atoms with Crippen LogP contribution in [0.3, 0.4) is 0 Å². The fourth-order valence-electron chi connectivity index (χ4n) is 3.78. The maximum atomic E-state index is 12.6. The van der Waals surface area contributed by atoms with Gasteiger partial charge in [-0.1, -0.05) is 6.42 Å². The predicted molar refractivity (Wildman–Crippen MR) is 96.8 cm³/mol. The molecule has 3 N–H and O–H groups in total. The minimum Gasteiger partial charge on any atom is -0.365 e. The maximum absolute atomic E-state index is 12.6. The summed E-state index contributed by atoms with van der Waals surface area (Å²) in [5, 5.41) is 7.80. The Kier molecular flexibility index (Phi) is 4.11. The highest BCUT2D eigenvalue weighted by molar-refractivity contribution is 7.17. The second-order valence-electron chi connectivity index (χ2n) is 7.02. The van der Waals surface area contributed by atoms with Crippen LogP contribution in [0.1, 0.15) is 58.0 Å². The summed E-state index contributed by atoms with van der Waals surface area (Å²) < 4.78 is 1.75. The van der Waals surface area contributed by atoms with Crippen molar-refractivity contribution in [3.05, 3.63) is 34.0 Å². The smallest absolute Gasteiger partial charge is 0.251 e. The monoisotopic (exact) mass is 358 g/mol. The average Bonchev–Trinajstić information content (AvgIpc) is 3.21. The van der Waals surface area contributed by atoms with Gasteiger partial charge in [0.1, 0.15) is 5.00 Å². The summed E-state index contributed by atoms with van der Waals surface area (Å²) >= 11 is 1.53. The van der Waals surface area contributed by atoms with E-state index in [0.29, 0.717) is 10.6 Å². The first-order valence-electron chi connectivity index (χ1n) is 8.78. The lowest BCUT2D eigenvalue weighted by atomic mass is 10.1. The number of aryl methyl sites for hydroxylation is 2. The summed E-state index contributed by atoms with van der Waals surface area (Å²) in [4.78, 5) is 25.8. The number of anilines is 1. The first-order valence-corrected chi connectivity index (χ1v) is 9.60. The van der Waals surface area contributed by atoms with E-state index in [1.54, 1.807) is 4.68 Å². The molecule has 0 saturated heterocycles. The summed E-state index contributed by atoms with van der Waals surface area (Å²) in [5.74, 6) is -0.280. The van der Waals surface area contributed by atoms with Crippen LogP contribution in [0.2, 0.25) is 0 Å². The summed E-state index contributed by atoms with van der Waals surface area (Å²) in [6.07, 6.45) is 9.83. The van der Waals surface area contributed by atoms with Gasteiger partial charge in [0, 0.05) is 24.0 Å². The molecule has 2 aliphatic rings. The van der Waals surface area contributed by atoms with Crippen molar-refractivity contribution in [2.24, 2.45) is 18.7 Å². The van der Waals surface area contributed by atoms with Crippen LogP contribution < -0.4 is 11.1 Å². The molecule has 1 fully saturated rings. The van der Waals surface area contributed by atoms with Gasteiger partial charge in [-0.3, -0.25) is 14.3 Å². The number of amides is 2. The van der Waals surface area contributed by atoms with Gasteiger partial charge in [-0.05, 0) is 49.1 Å². The topological polar surface area (TPSA) is 90.0 Å². The average molecular weight is 358 g/mol. The van der Waals surface area contributed by atoms with Crippen LogP contribution in [-0.4, -0.2) is 21.6 Å². The molecule has 0 aromatic carbocycles. The number of thiophene rings is 1. The highest BCUT2D eigenvalue weighted by atomic mass is 32.1. The van der Waals surface area contributed by atoms with Gasteiger partial charge >= 0.3 is 0 Å². The lowest BCUT2D eigenvalue weighted by molar-refractivity contribution is -0.117. The van der Waals surface area contributed by atoms with Crippen molar-refractivity contribution in [1.82, 2.24) is 9.78 Å². The molecule has 6 nitrogen and oxygen atoms in total. The van der Waals surface area contributed by atoms with Crippen molar-refractivity contribution >= 4 is 28.2 Å². The number of nitrogens with zero attached hydrogens (tertiary/aromatic N) is 2. The fourth-order valence-corrected chi connectivity index (χ4v) is 5.08. The zero-order chi connectivity index (χ0) is 17.6. The van der Waals surface area contributed by atoms with E-state index in [1.807, 2.05) is 19.4 Å². The van der Waals surface area contributed by atoms with Crippen molar-refractivity contribution in [2.75, 3.05) is 5.32 Å². The van der Waals surface area contributed by atoms with Gasteiger partial charge in [0.2, 0.25) is 5.91 Å². The van der Waals surface area contributed by atoms with E-state index < -0.39 is 5.91 Å². The number of primary amides is 1. The molecule has 2 unspecified atom stereocenters. The van der Waals surface area contributed by atoms with E-state index in [0.717, 1.165) is 43.2 Å². The number of nitrogens with one attached hydrogen (secondary N) is 1. The number of fused-ring (bicyclic) bond motifs is 1. The molecular weight excluding hydrogens is 336 g/mol. The molecule has 132 valence electrons. The van der Waals surface area contributed by atoms with Crippen LogP contribution >= 0.6 is 11.3 Å². The molecule has 25 heavy (non-hydrogen) atoms. The number of carbonyl (C=O) groups is 2. The van der Waals surface area contributed by atoms with Gasteiger partial charge in [0.05, 0.1) is 11.8 Å². The number of rotatable bonds is 4. The number of nitrogens with two attached hydrogens (primary N) is 1. The predicted octanol–water partition coefficient (Wildman–Crippen LogP) is 2.59. The fraction of sp³-hybridized carbons (Fsp3) is 0.500. The summed E-state index contributed by atoms with van der Waals surface area (Å²) in [5.41, 5.74) is 8.32. The van der Waals surface area contributed by atoms with Gasteiger partial charge in [0.25, 0.3) is 5.91 Å². The summed E-state index contributed by atoms with van der Waals surface area (Å²) in [6.45, 7) is 0. The van der Waals surface area contributed by atoms with Gasteiger partial charge in [-0.2, -0.15) is 5.10 Å². The lowest BCUT2D eigenvalue weighted by Crippen LogP contribution is -2.19. The second-order valence-corrected chi connectivity index (χ2v) is 8.12. The molecule has 0 bridgehead atoms. The molecule has 1 saturated carbocycles. The molecule has 2 aliphatic carbocycles. The Balaban J connectivity index is 1.53. The quantitative estimate of drug-likeness (QED) is 0.823. The van der Waals surface area contributed by atoms with E-state index in [4.69, 9.17) is 5.73 Å². The number of hydrogen-bond acceptors (Lipinski definition) is 4. The van der Waals surface area contributed by atoms with E-state index >= 15 is 0 Å². The van der Waals surface area contributed by atoms with E-state index in [9.17, 15) is 9.59 Å². The van der Waals surface area contributed by atoms with Crippen molar-refractivity contribution in [1.29, 1.82) is 0 Å². The Labute approximate surface area is 150 Å². The molecular formula is C18H22N4O2S. The highest BCUT2D eigenvalue weighted by Gasteiger charge is 2.45. The molecule has 2 aromatic heterocycles. The van der Waals surface area contributed by atoms with Gasteiger partial charge < -0.3 is 11.1 Å². The van der Waals surface area contributed by atoms with Crippen molar-refractivity contribution < 1.29 is 9.59 Å². The second kappa shape index (κ2) is 6.29. The van der Waals surface area contributed by atoms with Crippen LogP contribution in [0, 0.1) is 5.92 Å². The zero-order valence-electron chi connectivity index (χ0n) is 14.2. The molecule has 0 radical (unpaired) electrons. The Morgan fingerprint density at radius 1 is 1.32 bits per heavy atom. The van der Waals surface area contributed by atoms with E-state index in [-0.39, 0.29) is 17.7 Å². The number of carbonyl (C=O) groups excluding carboxylic acids is 2. The molecule has 2 aromatic rings. The first-order chi connectivity index (χ1) is 12.0. The third kappa shape index (κ3) is 3.08. The molecule has 0 aliphatic heterocycles. The number of hydrogen-bond donors (Lipinski definition) is 2. The first kappa shape index (κ1) is 16.3. The normalized spacial score (nSPS) is 22.1. The van der Waals surface area contributed by atoms with Crippen LogP contribution in [0.4, 0.5) is 5.00 Å². The van der Waals surface area contributed by atoms with Gasteiger partial charge in [0.15, 0.2) is 0 Å². The van der Waals surface area contributed by atoms with Crippen LogP contribution in [0.5, 0.6) is 0 Å². The Morgan fingerprint density at radius 2 is 2.12 bits per heavy atom. The minimum atomic E-state index is -0.436. The number of aromatic nitrogens is 2. The van der Waals surface area contributed by atoms with Crippen LogP contribution in [-0.2, 0) is 24.7 Å². The SMILES string of the molecule is Cn1cc(C2CC2C(=O)Nc2sc3c(c2C(N)=O)CCCCC3)cn1. The molecule has 2 heterocycles. The van der Waals surface area contributed by atoms with Gasteiger partial charge in [-0.25, -0.2) is 0 Å². The molecule has 2 amide bonds. The van der Waals surface area contributed by atoms with Crippen molar-refractivity contribution in [3.63, 3.8) is 0 Å².